The molecule has 0 amide bonds. The zero-order valence-corrected chi connectivity index (χ0v) is 15.2. The molecular weight excluding hydrogens is 367 g/mol. The van der Waals surface area contributed by atoms with Gasteiger partial charge in [0.25, 0.3) is 0 Å². The van der Waals surface area contributed by atoms with Gasteiger partial charge in [0.05, 0.1) is 12.2 Å². The third-order valence-electron chi connectivity index (χ3n) is 3.04. The topological polar surface area (TPSA) is 76.4 Å². The minimum atomic E-state index is 0. The van der Waals surface area contributed by atoms with Crippen molar-refractivity contribution in [2.24, 2.45) is 16.6 Å². The molecule has 6 heteroatoms. The van der Waals surface area contributed by atoms with Crippen molar-refractivity contribution in [2.75, 3.05) is 6.54 Å². The number of guanidine groups is 1. The summed E-state index contributed by atoms with van der Waals surface area (Å²) >= 11 is 0. The number of halogens is 1. The van der Waals surface area contributed by atoms with E-state index in [2.05, 4.69) is 43.2 Å². The standard InChI is InChI=1S/C14H26N4O.HI/c1-5-12-11(13(6-2)19-18-12)9-17-14(15)16-8-7-10(3)4;/h10H,5-9H2,1-4H3,(H3,15,16,17);1H. The van der Waals surface area contributed by atoms with Crippen LogP contribution in [0.4, 0.5) is 0 Å². The Morgan fingerprint density at radius 1 is 1.35 bits per heavy atom. The predicted molar refractivity (Wildman–Crippen MR) is 93.5 cm³/mol. The van der Waals surface area contributed by atoms with Gasteiger partial charge in [-0.1, -0.05) is 32.9 Å². The van der Waals surface area contributed by atoms with E-state index < -0.39 is 0 Å². The molecule has 0 aromatic carbocycles. The smallest absolute Gasteiger partial charge is 0.188 e. The van der Waals surface area contributed by atoms with E-state index in [4.69, 9.17) is 10.3 Å². The second kappa shape index (κ2) is 10.0. The van der Waals surface area contributed by atoms with Gasteiger partial charge in [0, 0.05) is 18.5 Å². The summed E-state index contributed by atoms with van der Waals surface area (Å²) in [5, 5.41) is 7.19. The molecule has 0 saturated heterocycles. The zero-order chi connectivity index (χ0) is 14.3. The van der Waals surface area contributed by atoms with Crippen LogP contribution >= 0.6 is 24.0 Å². The Bertz CT molecular complexity index is 394. The summed E-state index contributed by atoms with van der Waals surface area (Å²) in [5.74, 6) is 2.07. The summed E-state index contributed by atoms with van der Waals surface area (Å²) in [5.41, 5.74) is 7.91. The minimum Gasteiger partial charge on any atom is -0.370 e. The van der Waals surface area contributed by atoms with Crippen LogP contribution in [0.2, 0.25) is 0 Å². The lowest BCUT2D eigenvalue weighted by Crippen LogP contribution is -2.32. The summed E-state index contributed by atoms with van der Waals surface area (Å²) in [7, 11) is 0. The number of aliphatic imine (C=N–C) groups is 1. The molecule has 1 aromatic rings. The lowest BCUT2D eigenvalue weighted by molar-refractivity contribution is 0.380. The molecule has 1 heterocycles. The molecule has 0 saturated carbocycles. The van der Waals surface area contributed by atoms with Crippen LogP contribution < -0.4 is 11.1 Å². The van der Waals surface area contributed by atoms with Crippen LogP contribution in [0, 0.1) is 5.92 Å². The molecule has 3 N–H and O–H groups in total. The van der Waals surface area contributed by atoms with Gasteiger partial charge in [-0.2, -0.15) is 0 Å². The Labute approximate surface area is 138 Å². The van der Waals surface area contributed by atoms with Crippen LogP contribution in [-0.4, -0.2) is 17.7 Å². The molecule has 0 aliphatic heterocycles. The third-order valence-corrected chi connectivity index (χ3v) is 3.04. The molecule has 0 bridgehead atoms. The summed E-state index contributed by atoms with van der Waals surface area (Å²) < 4.78 is 5.30. The van der Waals surface area contributed by atoms with Crippen LogP contribution in [0.5, 0.6) is 0 Å². The van der Waals surface area contributed by atoms with Crippen molar-refractivity contribution in [1.29, 1.82) is 0 Å². The highest BCUT2D eigenvalue weighted by molar-refractivity contribution is 14.0. The maximum Gasteiger partial charge on any atom is 0.188 e. The summed E-state index contributed by atoms with van der Waals surface area (Å²) in [6.07, 6.45) is 2.78. The van der Waals surface area contributed by atoms with E-state index in [1.165, 1.54) is 0 Å². The van der Waals surface area contributed by atoms with Gasteiger partial charge >= 0.3 is 0 Å². The first-order valence-corrected chi connectivity index (χ1v) is 7.08. The van der Waals surface area contributed by atoms with Crippen molar-refractivity contribution in [1.82, 2.24) is 10.5 Å². The molecule has 0 aliphatic rings. The Hall–Kier alpha value is -0.790. The number of nitrogens with zero attached hydrogens (tertiary/aromatic N) is 2. The molecule has 0 fully saturated rings. The number of nitrogens with one attached hydrogen (secondary N) is 1. The van der Waals surface area contributed by atoms with Crippen LogP contribution in [0.1, 0.15) is 51.1 Å². The summed E-state index contributed by atoms with van der Waals surface area (Å²) in [6, 6.07) is 0. The van der Waals surface area contributed by atoms with Gasteiger partial charge in [-0.15, -0.1) is 24.0 Å². The van der Waals surface area contributed by atoms with E-state index in [-0.39, 0.29) is 24.0 Å². The number of aromatic nitrogens is 1. The highest BCUT2D eigenvalue weighted by Crippen LogP contribution is 2.16. The first-order chi connectivity index (χ1) is 9.08. The molecule has 116 valence electrons. The van der Waals surface area contributed by atoms with Gasteiger partial charge in [0.1, 0.15) is 5.76 Å². The lowest BCUT2D eigenvalue weighted by Gasteiger charge is -2.07. The quantitative estimate of drug-likeness (QED) is 0.424. The van der Waals surface area contributed by atoms with Gasteiger partial charge in [0.2, 0.25) is 0 Å². The second-order valence-corrected chi connectivity index (χ2v) is 5.05. The third kappa shape index (κ3) is 6.11. The van der Waals surface area contributed by atoms with Crippen molar-refractivity contribution in [3.05, 3.63) is 17.0 Å². The van der Waals surface area contributed by atoms with Gasteiger partial charge in [0.15, 0.2) is 5.96 Å². The van der Waals surface area contributed by atoms with Gasteiger partial charge in [-0.05, 0) is 18.8 Å². The normalized spacial score (nSPS) is 11.6. The van der Waals surface area contributed by atoms with Gasteiger partial charge in [-0.3, -0.25) is 0 Å². The molecule has 5 nitrogen and oxygen atoms in total. The van der Waals surface area contributed by atoms with Crippen LogP contribution in [0.3, 0.4) is 0 Å². The predicted octanol–water partition coefficient (Wildman–Crippen LogP) is 2.87. The average molecular weight is 394 g/mol. The molecule has 1 aromatic heterocycles. The lowest BCUT2D eigenvalue weighted by atomic mass is 10.1. The average Bonchev–Trinajstić information content (AvgIpc) is 2.77. The number of aryl methyl sites for hydroxylation is 2. The summed E-state index contributed by atoms with van der Waals surface area (Å²) in [4.78, 5) is 4.36. The summed E-state index contributed by atoms with van der Waals surface area (Å²) in [6.45, 7) is 9.89. The first kappa shape index (κ1) is 19.2. The Kier molecular flexibility index (Phi) is 9.62. The largest absolute Gasteiger partial charge is 0.370 e. The Morgan fingerprint density at radius 2 is 2.05 bits per heavy atom. The maximum atomic E-state index is 5.85. The molecule has 0 unspecified atom stereocenters. The van der Waals surface area contributed by atoms with E-state index in [9.17, 15) is 0 Å². The molecule has 20 heavy (non-hydrogen) atoms. The van der Waals surface area contributed by atoms with Crippen LogP contribution in [0.15, 0.2) is 9.52 Å². The molecular formula is C14H27IN4O. The fourth-order valence-electron chi connectivity index (χ4n) is 1.83. The van der Waals surface area contributed by atoms with E-state index in [1.54, 1.807) is 0 Å². The molecule has 1 rings (SSSR count). The van der Waals surface area contributed by atoms with Crippen molar-refractivity contribution >= 4 is 29.9 Å². The van der Waals surface area contributed by atoms with Crippen molar-refractivity contribution in [3.8, 4) is 0 Å². The number of nitrogens with two attached hydrogens (primary N) is 1. The van der Waals surface area contributed by atoms with Crippen LogP contribution in [-0.2, 0) is 19.4 Å². The zero-order valence-electron chi connectivity index (χ0n) is 12.9. The van der Waals surface area contributed by atoms with Crippen molar-refractivity contribution in [2.45, 2.75) is 53.5 Å². The van der Waals surface area contributed by atoms with Crippen LogP contribution in [0.25, 0.3) is 0 Å². The highest BCUT2D eigenvalue weighted by Gasteiger charge is 2.12. The first-order valence-electron chi connectivity index (χ1n) is 7.08. The van der Waals surface area contributed by atoms with E-state index in [1.807, 2.05) is 0 Å². The number of rotatable bonds is 7. The van der Waals surface area contributed by atoms with Gasteiger partial charge in [-0.25, -0.2) is 4.99 Å². The highest BCUT2D eigenvalue weighted by atomic mass is 127. The van der Waals surface area contributed by atoms with Crippen molar-refractivity contribution in [3.63, 3.8) is 0 Å². The second-order valence-electron chi connectivity index (χ2n) is 5.05. The van der Waals surface area contributed by atoms with E-state index in [0.29, 0.717) is 18.4 Å². The fraction of sp³-hybridized carbons (Fsp3) is 0.714. The molecule has 0 atom stereocenters. The minimum absolute atomic E-state index is 0. The molecule has 0 radical (unpaired) electrons. The van der Waals surface area contributed by atoms with Crippen molar-refractivity contribution < 1.29 is 4.52 Å². The molecule has 0 aliphatic carbocycles. The number of hydrogen-bond acceptors (Lipinski definition) is 3. The van der Waals surface area contributed by atoms with Gasteiger partial charge < -0.3 is 15.6 Å². The fourth-order valence-corrected chi connectivity index (χ4v) is 1.83. The SMILES string of the molecule is CCc1noc(CC)c1CN=C(N)NCCC(C)C.I. The Balaban J connectivity index is 0.00000361. The van der Waals surface area contributed by atoms with E-state index in [0.717, 1.165) is 42.8 Å². The molecule has 0 spiro atoms. The van der Waals surface area contributed by atoms with E-state index >= 15 is 0 Å². The monoisotopic (exact) mass is 394 g/mol. The Morgan fingerprint density at radius 3 is 2.60 bits per heavy atom. The maximum absolute atomic E-state index is 5.85. The number of hydrogen-bond donors (Lipinski definition) is 2.